The van der Waals surface area contributed by atoms with E-state index in [2.05, 4.69) is 10.6 Å². The molecule has 0 atom stereocenters. The van der Waals surface area contributed by atoms with Gasteiger partial charge in [-0.25, -0.2) is 4.79 Å². The number of alkyl halides is 1. The molecule has 0 unspecified atom stereocenters. The highest BCUT2D eigenvalue weighted by Gasteiger charge is 2.08. The fraction of sp³-hybridized carbons (Fsp3) is 0.667. The zero-order chi connectivity index (χ0) is 12.6. The largest absolute Gasteiger partial charge is 0.349 e. The molecule has 0 fully saturated rings. The molecule has 6 nitrogen and oxygen atoms in total. The lowest BCUT2D eigenvalue weighted by molar-refractivity contribution is -0.128. The van der Waals surface area contributed by atoms with E-state index in [9.17, 15) is 14.4 Å². The second-order valence-electron chi connectivity index (χ2n) is 3.28. The highest BCUT2D eigenvalue weighted by molar-refractivity contribution is 6.19. The maximum absolute atomic E-state index is 11.1. The Labute approximate surface area is 99.3 Å². The molecule has 0 spiro atoms. The topological polar surface area (TPSA) is 78.5 Å². The van der Waals surface area contributed by atoms with Gasteiger partial charge in [-0.15, -0.1) is 11.6 Å². The summed E-state index contributed by atoms with van der Waals surface area (Å²) in [5, 5.41) is 4.48. The van der Waals surface area contributed by atoms with E-state index >= 15 is 0 Å². The zero-order valence-electron chi connectivity index (χ0n) is 9.38. The van der Waals surface area contributed by atoms with Crippen molar-refractivity contribution in [1.82, 2.24) is 15.5 Å². The smallest absolute Gasteiger partial charge is 0.321 e. The van der Waals surface area contributed by atoms with Crippen LogP contribution in [0.4, 0.5) is 4.79 Å². The lowest BCUT2D eigenvalue weighted by atomic mass is 10.4. The van der Waals surface area contributed by atoms with Crippen molar-refractivity contribution in [3.05, 3.63) is 0 Å². The number of halogens is 1. The molecule has 0 aliphatic rings. The van der Waals surface area contributed by atoms with Gasteiger partial charge in [0.25, 0.3) is 0 Å². The van der Waals surface area contributed by atoms with Crippen LogP contribution in [0, 0.1) is 0 Å². The molecule has 0 rings (SSSR count). The van der Waals surface area contributed by atoms with Crippen molar-refractivity contribution in [2.24, 2.45) is 0 Å². The number of hydrogen-bond acceptors (Lipinski definition) is 3. The van der Waals surface area contributed by atoms with Crippen molar-refractivity contribution in [3.8, 4) is 0 Å². The van der Waals surface area contributed by atoms with Crippen molar-refractivity contribution in [2.45, 2.75) is 12.8 Å². The van der Waals surface area contributed by atoms with Crippen LogP contribution < -0.4 is 10.6 Å². The third-order valence-electron chi connectivity index (χ3n) is 1.70. The first-order valence-electron chi connectivity index (χ1n) is 4.81. The van der Waals surface area contributed by atoms with E-state index in [0.29, 0.717) is 0 Å². The van der Waals surface area contributed by atoms with Gasteiger partial charge in [-0.05, 0) is 0 Å². The Morgan fingerprint density at radius 2 is 1.81 bits per heavy atom. The van der Waals surface area contributed by atoms with Crippen LogP contribution in [0.25, 0.3) is 0 Å². The molecule has 4 amide bonds. The number of urea groups is 1. The molecular weight excluding hydrogens is 234 g/mol. The number of carbonyl (C=O) groups is 3. The van der Waals surface area contributed by atoms with Crippen LogP contribution >= 0.6 is 11.6 Å². The summed E-state index contributed by atoms with van der Waals surface area (Å²) in [5.74, 6) is -0.364. The molecule has 2 N–H and O–H groups in total. The Hall–Kier alpha value is -1.30. The van der Waals surface area contributed by atoms with Gasteiger partial charge in [0, 0.05) is 39.4 Å². The van der Waals surface area contributed by atoms with Crippen LogP contribution in [0.3, 0.4) is 0 Å². The maximum atomic E-state index is 11.1. The van der Waals surface area contributed by atoms with Crippen LogP contribution in [-0.2, 0) is 9.59 Å². The third-order valence-corrected chi connectivity index (χ3v) is 1.89. The Balaban J connectivity index is 3.66. The molecule has 0 aliphatic heterocycles. The average molecular weight is 250 g/mol. The van der Waals surface area contributed by atoms with Crippen LogP contribution in [0.15, 0.2) is 0 Å². The minimum Gasteiger partial charge on any atom is -0.349 e. The quantitative estimate of drug-likeness (QED) is 0.669. The number of hydrogen-bond donors (Lipinski definition) is 2. The van der Waals surface area contributed by atoms with Crippen LogP contribution in [0.1, 0.15) is 12.8 Å². The van der Waals surface area contributed by atoms with Gasteiger partial charge in [-0.3, -0.25) is 14.9 Å². The van der Waals surface area contributed by atoms with Crippen LogP contribution in [-0.4, -0.2) is 49.3 Å². The van der Waals surface area contributed by atoms with Gasteiger partial charge >= 0.3 is 6.03 Å². The molecule has 16 heavy (non-hydrogen) atoms. The van der Waals surface area contributed by atoms with Crippen molar-refractivity contribution in [2.75, 3.05) is 26.5 Å². The zero-order valence-corrected chi connectivity index (χ0v) is 10.1. The summed E-state index contributed by atoms with van der Waals surface area (Å²) in [6.07, 6.45) is 0.287. The third kappa shape index (κ3) is 7.05. The maximum Gasteiger partial charge on any atom is 0.321 e. The fourth-order valence-corrected chi connectivity index (χ4v) is 0.997. The minimum absolute atomic E-state index is 0.0889. The van der Waals surface area contributed by atoms with Gasteiger partial charge in [-0.2, -0.15) is 0 Å². The van der Waals surface area contributed by atoms with Gasteiger partial charge in [0.1, 0.15) is 0 Å². The summed E-state index contributed by atoms with van der Waals surface area (Å²) in [6.45, 7) is 0.191. The highest BCUT2D eigenvalue weighted by atomic mass is 35.5. The Bertz CT molecular complexity index is 269. The predicted octanol–water partition coefficient (Wildman–Crippen LogP) is -0.0806. The molecule has 92 valence electrons. The van der Waals surface area contributed by atoms with E-state index in [-0.39, 0.29) is 31.2 Å². The summed E-state index contributed by atoms with van der Waals surface area (Å²) in [5.41, 5.74) is 0. The number of rotatable bonds is 5. The molecule has 0 aromatic heterocycles. The van der Waals surface area contributed by atoms with E-state index in [0.717, 1.165) is 0 Å². The van der Waals surface area contributed by atoms with E-state index in [1.165, 1.54) is 4.90 Å². The second-order valence-corrected chi connectivity index (χ2v) is 3.66. The van der Waals surface area contributed by atoms with Gasteiger partial charge in [0.2, 0.25) is 11.8 Å². The average Bonchev–Trinajstić information content (AvgIpc) is 2.17. The summed E-state index contributed by atoms with van der Waals surface area (Å²) in [7, 11) is 3.26. The fourth-order valence-electron chi connectivity index (χ4n) is 0.826. The number of amides is 4. The minimum atomic E-state index is -0.610. The highest BCUT2D eigenvalue weighted by Crippen LogP contribution is 1.86. The first-order chi connectivity index (χ1) is 7.47. The van der Waals surface area contributed by atoms with Crippen LogP contribution in [0.5, 0.6) is 0 Å². The molecule has 0 heterocycles. The summed E-state index contributed by atoms with van der Waals surface area (Å²) >= 11 is 5.32. The molecule has 0 aromatic carbocycles. The Morgan fingerprint density at radius 3 is 2.31 bits per heavy atom. The van der Waals surface area contributed by atoms with Gasteiger partial charge in [-0.1, -0.05) is 0 Å². The molecule has 0 aromatic rings. The summed E-state index contributed by atoms with van der Waals surface area (Å²) < 4.78 is 0. The van der Waals surface area contributed by atoms with E-state index in [1.54, 1.807) is 14.1 Å². The summed E-state index contributed by atoms with van der Waals surface area (Å²) in [6, 6.07) is -0.610. The standard InChI is InChI=1S/C9H16ClN3O3/c1-13(2)8(15)4-6-11-9(16)12-7(14)3-5-10/h3-6H2,1-2H3,(H2,11,12,14,16). The van der Waals surface area contributed by atoms with E-state index in [1.807, 2.05) is 0 Å². The molecule has 0 saturated heterocycles. The molecule has 0 radical (unpaired) electrons. The molecule has 0 aliphatic carbocycles. The first-order valence-corrected chi connectivity index (χ1v) is 5.34. The number of carbonyl (C=O) groups excluding carboxylic acids is 3. The summed E-state index contributed by atoms with van der Waals surface area (Å²) in [4.78, 5) is 34.5. The van der Waals surface area contributed by atoms with Crippen LogP contribution in [0.2, 0.25) is 0 Å². The van der Waals surface area contributed by atoms with Crippen molar-refractivity contribution in [1.29, 1.82) is 0 Å². The Morgan fingerprint density at radius 1 is 1.19 bits per heavy atom. The molecule has 0 saturated carbocycles. The van der Waals surface area contributed by atoms with E-state index < -0.39 is 11.9 Å². The monoisotopic (exact) mass is 249 g/mol. The molecule has 7 heteroatoms. The lowest BCUT2D eigenvalue weighted by Crippen LogP contribution is -2.40. The Kier molecular flexibility index (Phi) is 7.28. The van der Waals surface area contributed by atoms with Gasteiger partial charge in [0.15, 0.2) is 0 Å². The number of imide groups is 1. The lowest BCUT2D eigenvalue weighted by Gasteiger charge is -2.10. The van der Waals surface area contributed by atoms with Crippen molar-refractivity contribution in [3.63, 3.8) is 0 Å². The van der Waals surface area contributed by atoms with Crippen molar-refractivity contribution < 1.29 is 14.4 Å². The molecular formula is C9H16ClN3O3. The number of nitrogens with one attached hydrogen (secondary N) is 2. The van der Waals surface area contributed by atoms with Gasteiger partial charge < -0.3 is 10.2 Å². The second kappa shape index (κ2) is 7.92. The number of nitrogens with zero attached hydrogens (tertiary/aromatic N) is 1. The van der Waals surface area contributed by atoms with Gasteiger partial charge in [0.05, 0.1) is 0 Å². The van der Waals surface area contributed by atoms with Crippen molar-refractivity contribution >= 4 is 29.4 Å². The van der Waals surface area contributed by atoms with E-state index in [4.69, 9.17) is 11.6 Å². The molecule has 0 bridgehead atoms. The normalized spacial score (nSPS) is 9.44. The predicted molar refractivity (Wildman–Crippen MR) is 60.2 cm³/mol. The SMILES string of the molecule is CN(C)C(=O)CCNC(=O)NC(=O)CCCl. The first kappa shape index (κ1) is 14.7.